The lowest BCUT2D eigenvalue weighted by Gasteiger charge is -2.24. The van der Waals surface area contributed by atoms with E-state index >= 15 is 0 Å². The van der Waals surface area contributed by atoms with Gasteiger partial charge in [0.15, 0.2) is 0 Å². The van der Waals surface area contributed by atoms with Crippen LogP contribution in [0.2, 0.25) is 10.0 Å². The lowest BCUT2D eigenvalue weighted by atomic mass is 9.95. The van der Waals surface area contributed by atoms with Crippen LogP contribution in [0.3, 0.4) is 0 Å². The minimum absolute atomic E-state index is 0.167. The van der Waals surface area contributed by atoms with Gasteiger partial charge in [-0.15, -0.1) is 0 Å². The van der Waals surface area contributed by atoms with Crippen LogP contribution in [0, 0.1) is 5.92 Å². The van der Waals surface area contributed by atoms with E-state index in [0.29, 0.717) is 21.2 Å². The van der Waals surface area contributed by atoms with Crippen molar-refractivity contribution in [1.29, 1.82) is 0 Å². The molecule has 1 aliphatic rings. The van der Waals surface area contributed by atoms with Crippen LogP contribution in [0.1, 0.15) is 24.1 Å². The van der Waals surface area contributed by atoms with Crippen molar-refractivity contribution in [1.82, 2.24) is 10.6 Å². The number of amides is 3. The molecule has 0 bridgehead atoms. The van der Waals surface area contributed by atoms with E-state index in [1.54, 1.807) is 25.2 Å². The molecule has 0 fully saturated rings. The van der Waals surface area contributed by atoms with Crippen molar-refractivity contribution < 1.29 is 14.4 Å². The molecule has 34 heavy (non-hydrogen) atoms. The van der Waals surface area contributed by atoms with Gasteiger partial charge >= 0.3 is 0 Å². The second-order valence-electron chi connectivity index (χ2n) is 8.16. The average Bonchev–Trinajstić information content (AvgIpc) is 2.91. The Labute approximate surface area is 207 Å². The number of halogens is 2. The van der Waals surface area contributed by atoms with Crippen molar-refractivity contribution in [3.05, 3.63) is 87.9 Å². The molecule has 0 spiro atoms. The molecule has 1 aliphatic heterocycles. The number of likely N-dealkylation sites (N-methyl/N-ethyl adjacent to an activating group) is 1. The highest BCUT2D eigenvalue weighted by Crippen LogP contribution is 2.39. The molecule has 2 N–H and O–H groups in total. The molecule has 0 aliphatic carbocycles. The second-order valence-corrected chi connectivity index (χ2v) is 9.03. The smallest absolute Gasteiger partial charge is 0.253 e. The van der Waals surface area contributed by atoms with Gasteiger partial charge < -0.3 is 15.5 Å². The Morgan fingerprint density at radius 1 is 0.941 bits per heavy atom. The van der Waals surface area contributed by atoms with Crippen LogP contribution in [0.5, 0.6) is 0 Å². The molecular formula is C26H23Cl2N3O3. The summed E-state index contributed by atoms with van der Waals surface area (Å²) in [4.78, 5) is 40.6. The number of nitrogens with zero attached hydrogens (tertiary/aromatic N) is 1. The number of para-hydroxylation sites is 1. The lowest BCUT2D eigenvalue weighted by molar-refractivity contribution is -0.136. The number of nitrogens with one attached hydrogen (secondary N) is 2. The van der Waals surface area contributed by atoms with Crippen molar-refractivity contribution in [2.24, 2.45) is 5.92 Å². The SMILES string of the molecule is CC(C(=O)NCc1cc(Cl)cc(Cl)c1)C(=O)NC1C(=O)N(C)c2ccccc2-c2ccccc21. The fraction of sp³-hybridized carbons (Fsp3) is 0.192. The number of hydrogen-bond donors (Lipinski definition) is 2. The molecule has 0 radical (unpaired) electrons. The van der Waals surface area contributed by atoms with Crippen LogP contribution in [-0.4, -0.2) is 24.8 Å². The summed E-state index contributed by atoms with van der Waals surface area (Å²) < 4.78 is 0. The molecule has 2 atom stereocenters. The first-order valence-corrected chi connectivity index (χ1v) is 11.5. The van der Waals surface area contributed by atoms with Crippen molar-refractivity contribution in [2.75, 3.05) is 11.9 Å². The number of carbonyl (C=O) groups is 3. The van der Waals surface area contributed by atoms with Crippen LogP contribution >= 0.6 is 23.2 Å². The summed E-state index contributed by atoms with van der Waals surface area (Å²) in [5.41, 5.74) is 3.90. The Balaban J connectivity index is 1.52. The zero-order valence-electron chi connectivity index (χ0n) is 18.6. The third-order valence-corrected chi connectivity index (χ3v) is 6.30. The van der Waals surface area contributed by atoms with Crippen LogP contribution in [0.4, 0.5) is 5.69 Å². The average molecular weight is 496 g/mol. The quantitative estimate of drug-likeness (QED) is 0.501. The fourth-order valence-corrected chi connectivity index (χ4v) is 4.59. The number of fused-ring (bicyclic) bond motifs is 3. The lowest BCUT2D eigenvalue weighted by Crippen LogP contribution is -2.45. The topological polar surface area (TPSA) is 78.5 Å². The van der Waals surface area contributed by atoms with E-state index in [9.17, 15) is 14.4 Å². The predicted molar refractivity (Wildman–Crippen MR) is 134 cm³/mol. The molecule has 1 heterocycles. The third-order valence-electron chi connectivity index (χ3n) is 5.87. The molecule has 3 aromatic rings. The molecule has 0 saturated heterocycles. The molecule has 0 aromatic heterocycles. The van der Waals surface area contributed by atoms with Gasteiger partial charge in [-0.2, -0.15) is 0 Å². The Morgan fingerprint density at radius 2 is 1.56 bits per heavy atom. The standard InChI is InChI=1S/C26H23Cl2N3O3/c1-15(24(32)29-14-16-11-17(27)13-18(28)12-16)25(33)30-23-21-9-4-3-7-19(21)20-8-5-6-10-22(20)31(2)26(23)34/h3-13,15,23H,14H2,1-2H3,(H,29,32)(H,30,33). The van der Waals surface area contributed by atoms with Crippen LogP contribution in [0.25, 0.3) is 11.1 Å². The molecule has 8 heteroatoms. The minimum Gasteiger partial charge on any atom is -0.351 e. The van der Waals surface area contributed by atoms with E-state index in [0.717, 1.165) is 16.8 Å². The zero-order valence-corrected chi connectivity index (χ0v) is 20.2. The zero-order chi connectivity index (χ0) is 24.4. The van der Waals surface area contributed by atoms with E-state index in [2.05, 4.69) is 10.6 Å². The van der Waals surface area contributed by atoms with Crippen molar-refractivity contribution >= 4 is 46.6 Å². The maximum Gasteiger partial charge on any atom is 0.253 e. The van der Waals surface area contributed by atoms with Crippen molar-refractivity contribution in [3.63, 3.8) is 0 Å². The number of benzene rings is 3. The molecular weight excluding hydrogens is 473 g/mol. The van der Waals surface area contributed by atoms with Gasteiger partial charge in [0.25, 0.3) is 5.91 Å². The molecule has 3 amide bonds. The van der Waals surface area contributed by atoms with Crippen LogP contribution in [-0.2, 0) is 20.9 Å². The van der Waals surface area contributed by atoms with Crippen LogP contribution < -0.4 is 15.5 Å². The highest BCUT2D eigenvalue weighted by Gasteiger charge is 2.34. The summed E-state index contributed by atoms with van der Waals surface area (Å²) in [6.45, 7) is 1.67. The van der Waals surface area contributed by atoms with E-state index in [-0.39, 0.29) is 12.5 Å². The summed E-state index contributed by atoms with van der Waals surface area (Å²) in [5.74, 6) is -2.33. The van der Waals surface area contributed by atoms with Crippen LogP contribution in [0.15, 0.2) is 66.7 Å². The molecule has 6 nitrogen and oxygen atoms in total. The van der Waals surface area contributed by atoms with E-state index in [4.69, 9.17) is 23.2 Å². The molecule has 3 aromatic carbocycles. The van der Waals surface area contributed by atoms with E-state index in [1.807, 2.05) is 48.5 Å². The first-order chi connectivity index (χ1) is 16.3. The number of carbonyl (C=O) groups excluding carboxylic acids is 3. The summed E-state index contributed by atoms with van der Waals surface area (Å²) in [7, 11) is 1.68. The highest BCUT2D eigenvalue weighted by molar-refractivity contribution is 6.34. The van der Waals surface area contributed by atoms with Crippen molar-refractivity contribution in [2.45, 2.75) is 19.5 Å². The summed E-state index contributed by atoms with van der Waals surface area (Å²) in [6, 6.07) is 19.1. The molecule has 2 unspecified atom stereocenters. The number of hydrogen-bond acceptors (Lipinski definition) is 3. The summed E-state index contributed by atoms with van der Waals surface area (Å²) in [5, 5.41) is 6.43. The first-order valence-electron chi connectivity index (χ1n) is 10.7. The van der Waals surface area contributed by atoms with Gasteiger partial charge in [0.05, 0.1) is 5.69 Å². The first kappa shape index (κ1) is 23.8. The summed E-state index contributed by atoms with van der Waals surface area (Å²) in [6.07, 6.45) is 0. The van der Waals surface area contributed by atoms with Gasteiger partial charge in [-0.3, -0.25) is 14.4 Å². The van der Waals surface area contributed by atoms with Gasteiger partial charge in [-0.05, 0) is 47.9 Å². The van der Waals surface area contributed by atoms with E-state index in [1.165, 1.54) is 11.8 Å². The fourth-order valence-electron chi connectivity index (χ4n) is 4.01. The Kier molecular flexibility index (Phi) is 6.91. The summed E-state index contributed by atoms with van der Waals surface area (Å²) >= 11 is 12.0. The largest absolute Gasteiger partial charge is 0.351 e. The molecule has 174 valence electrons. The van der Waals surface area contributed by atoms with E-state index < -0.39 is 23.8 Å². The second kappa shape index (κ2) is 9.87. The number of rotatable bonds is 5. The highest BCUT2D eigenvalue weighted by atomic mass is 35.5. The minimum atomic E-state index is -1.02. The Morgan fingerprint density at radius 3 is 2.26 bits per heavy atom. The third kappa shape index (κ3) is 4.79. The van der Waals surface area contributed by atoms with Gasteiger partial charge in [0.1, 0.15) is 12.0 Å². The maximum atomic E-state index is 13.4. The Bertz CT molecular complexity index is 1260. The predicted octanol–water partition coefficient (Wildman–Crippen LogP) is 4.75. The molecule has 0 saturated carbocycles. The van der Waals surface area contributed by atoms with Gasteiger partial charge in [-0.1, -0.05) is 65.7 Å². The van der Waals surface area contributed by atoms with Gasteiger partial charge in [0.2, 0.25) is 11.8 Å². The normalized spacial score (nSPS) is 15.6. The monoisotopic (exact) mass is 495 g/mol. The maximum absolute atomic E-state index is 13.4. The van der Waals surface area contributed by atoms with Crippen molar-refractivity contribution in [3.8, 4) is 11.1 Å². The van der Waals surface area contributed by atoms with Gasteiger partial charge in [-0.25, -0.2) is 0 Å². The number of anilines is 1. The van der Waals surface area contributed by atoms with Gasteiger partial charge in [0, 0.05) is 29.2 Å². The molecule has 4 rings (SSSR count). The Hall–Kier alpha value is -3.35.